The van der Waals surface area contributed by atoms with Crippen molar-refractivity contribution >= 4 is 12.4 Å². The lowest BCUT2D eigenvalue weighted by Crippen LogP contribution is -2.16. The third-order valence-electron chi connectivity index (χ3n) is 3.18. The van der Waals surface area contributed by atoms with Crippen LogP contribution in [0.1, 0.15) is 50.4 Å². The number of benzene rings is 1. The summed E-state index contributed by atoms with van der Waals surface area (Å²) in [5.41, 5.74) is 0.254. The van der Waals surface area contributed by atoms with Crippen LogP contribution in [0.2, 0.25) is 0 Å². The minimum absolute atomic E-state index is 0.254. The standard InChI is InChI=1S/C15H21NO4.C2H6/c1-2-12(4-3-9-16-11-17)10-20-14-7-5-13(6-8-14)15(18)19;1-2/h5-8,11-12H,2-4,9-10H2,1H3,(H,16,17)(H,18,19);1-2H3. The molecule has 0 bridgehead atoms. The van der Waals surface area contributed by atoms with Crippen molar-refractivity contribution in [1.82, 2.24) is 5.32 Å². The molecule has 1 atom stereocenters. The van der Waals surface area contributed by atoms with Crippen molar-refractivity contribution in [1.29, 1.82) is 0 Å². The molecular formula is C17H27NO4. The summed E-state index contributed by atoms with van der Waals surface area (Å²) in [7, 11) is 0. The predicted octanol–water partition coefficient (Wildman–Crippen LogP) is 3.34. The summed E-state index contributed by atoms with van der Waals surface area (Å²) < 4.78 is 5.67. The maximum absolute atomic E-state index is 10.7. The second-order valence-electron chi connectivity index (χ2n) is 4.63. The highest BCUT2D eigenvalue weighted by atomic mass is 16.5. The van der Waals surface area contributed by atoms with Gasteiger partial charge in [-0.25, -0.2) is 4.79 Å². The highest BCUT2D eigenvalue weighted by Crippen LogP contribution is 2.16. The smallest absolute Gasteiger partial charge is 0.335 e. The van der Waals surface area contributed by atoms with Crippen LogP contribution in [-0.4, -0.2) is 30.6 Å². The molecule has 1 unspecified atom stereocenters. The van der Waals surface area contributed by atoms with Crippen molar-refractivity contribution in [3.05, 3.63) is 29.8 Å². The van der Waals surface area contributed by atoms with Gasteiger partial charge < -0.3 is 15.2 Å². The SMILES string of the molecule is CC.CCC(CCCNC=O)COc1ccc(C(=O)O)cc1. The Labute approximate surface area is 132 Å². The number of carboxylic acids is 1. The van der Waals surface area contributed by atoms with Gasteiger partial charge in [-0.15, -0.1) is 0 Å². The lowest BCUT2D eigenvalue weighted by Gasteiger charge is -2.15. The average molecular weight is 309 g/mol. The highest BCUT2D eigenvalue weighted by Gasteiger charge is 2.08. The quantitative estimate of drug-likeness (QED) is 0.513. The van der Waals surface area contributed by atoms with E-state index >= 15 is 0 Å². The van der Waals surface area contributed by atoms with Crippen molar-refractivity contribution in [2.24, 2.45) is 5.92 Å². The van der Waals surface area contributed by atoms with E-state index in [1.165, 1.54) is 12.1 Å². The molecule has 2 N–H and O–H groups in total. The Morgan fingerprint density at radius 3 is 2.45 bits per heavy atom. The molecule has 0 saturated carbocycles. The molecule has 0 spiro atoms. The molecule has 0 radical (unpaired) electrons. The molecule has 0 aliphatic rings. The van der Waals surface area contributed by atoms with Gasteiger partial charge in [-0.3, -0.25) is 4.79 Å². The first kappa shape index (κ1) is 20.0. The molecule has 0 aliphatic carbocycles. The summed E-state index contributed by atoms with van der Waals surface area (Å²) in [6.45, 7) is 7.39. The van der Waals surface area contributed by atoms with Crippen LogP contribution in [0.15, 0.2) is 24.3 Å². The van der Waals surface area contributed by atoms with Crippen molar-refractivity contribution in [2.45, 2.75) is 40.0 Å². The van der Waals surface area contributed by atoms with E-state index in [0.717, 1.165) is 19.3 Å². The number of hydrogen-bond acceptors (Lipinski definition) is 3. The molecule has 0 saturated heterocycles. The molecule has 5 heteroatoms. The van der Waals surface area contributed by atoms with Crippen LogP contribution in [0, 0.1) is 5.92 Å². The topological polar surface area (TPSA) is 75.6 Å². The van der Waals surface area contributed by atoms with Crippen molar-refractivity contribution in [2.75, 3.05) is 13.2 Å². The van der Waals surface area contributed by atoms with Gasteiger partial charge in [-0.1, -0.05) is 27.2 Å². The third-order valence-corrected chi connectivity index (χ3v) is 3.18. The number of carbonyl (C=O) groups excluding carboxylic acids is 1. The highest BCUT2D eigenvalue weighted by molar-refractivity contribution is 5.87. The molecule has 1 amide bonds. The Bertz CT molecular complexity index is 417. The Balaban J connectivity index is 0.00000211. The number of rotatable bonds is 10. The molecule has 0 aliphatic heterocycles. The summed E-state index contributed by atoms with van der Waals surface area (Å²) in [4.78, 5) is 20.9. The number of carboxylic acid groups (broad SMARTS) is 1. The fraction of sp³-hybridized carbons (Fsp3) is 0.529. The average Bonchev–Trinajstić information content (AvgIpc) is 2.56. The van der Waals surface area contributed by atoms with Gasteiger partial charge in [-0.05, 0) is 43.0 Å². The number of hydrogen-bond donors (Lipinski definition) is 2. The molecule has 1 aromatic carbocycles. The van der Waals surface area contributed by atoms with Crippen LogP contribution >= 0.6 is 0 Å². The van der Waals surface area contributed by atoms with Gasteiger partial charge in [0.1, 0.15) is 5.75 Å². The molecule has 0 heterocycles. The number of amides is 1. The van der Waals surface area contributed by atoms with Crippen LogP contribution in [0.4, 0.5) is 0 Å². The van der Waals surface area contributed by atoms with Gasteiger partial charge in [0.05, 0.1) is 12.2 Å². The summed E-state index contributed by atoms with van der Waals surface area (Å²) in [6.07, 6.45) is 3.64. The first-order chi connectivity index (χ1) is 10.7. The summed E-state index contributed by atoms with van der Waals surface area (Å²) in [5.74, 6) is 0.174. The third kappa shape index (κ3) is 8.29. The molecule has 1 aromatic rings. The predicted molar refractivity (Wildman–Crippen MR) is 87.3 cm³/mol. The minimum Gasteiger partial charge on any atom is -0.493 e. The Morgan fingerprint density at radius 2 is 1.95 bits per heavy atom. The van der Waals surface area contributed by atoms with Crippen LogP contribution in [0.3, 0.4) is 0 Å². The van der Waals surface area contributed by atoms with E-state index in [2.05, 4.69) is 12.2 Å². The molecule has 1 rings (SSSR count). The summed E-state index contributed by atoms with van der Waals surface area (Å²) in [6, 6.07) is 6.41. The normalized spacial score (nSPS) is 10.9. The van der Waals surface area contributed by atoms with Crippen LogP contribution in [0.25, 0.3) is 0 Å². The monoisotopic (exact) mass is 309 g/mol. The van der Waals surface area contributed by atoms with Gasteiger partial charge in [0.2, 0.25) is 6.41 Å². The number of ether oxygens (including phenoxy) is 1. The first-order valence-corrected chi connectivity index (χ1v) is 7.80. The molecule has 5 nitrogen and oxygen atoms in total. The summed E-state index contributed by atoms with van der Waals surface area (Å²) in [5, 5.41) is 11.4. The Morgan fingerprint density at radius 1 is 1.32 bits per heavy atom. The van der Waals surface area contributed by atoms with Crippen molar-refractivity contribution < 1.29 is 19.4 Å². The largest absolute Gasteiger partial charge is 0.493 e. The lowest BCUT2D eigenvalue weighted by molar-refractivity contribution is -0.109. The number of carbonyl (C=O) groups is 2. The molecule has 0 aromatic heterocycles. The van der Waals surface area contributed by atoms with Gasteiger partial charge in [0, 0.05) is 6.54 Å². The Hall–Kier alpha value is -2.04. The van der Waals surface area contributed by atoms with E-state index in [4.69, 9.17) is 9.84 Å². The fourth-order valence-electron chi connectivity index (χ4n) is 1.86. The zero-order valence-electron chi connectivity index (χ0n) is 13.7. The van der Waals surface area contributed by atoms with Gasteiger partial charge in [0.15, 0.2) is 0 Å². The maximum Gasteiger partial charge on any atom is 0.335 e. The van der Waals surface area contributed by atoms with E-state index in [1.807, 2.05) is 13.8 Å². The zero-order chi connectivity index (χ0) is 16.8. The zero-order valence-corrected chi connectivity index (χ0v) is 13.7. The van der Waals surface area contributed by atoms with E-state index in [9.17, 15) is 9.59 Å². The van der Waals surface area contributed by atoms with Crippen LogP contribution in [-0.2, 0) is 4.79 Å². The molecule has 22 heavy (non-hydrogen) atoms. The van der Waals surface area contributed by atoms with Crippen LogP contribution < -0.4 is 10.1 Å². The second kappa shape index (κ2) is 12.7. The molecular weight excluding hydrogens is 282 g/mol. The fourth-order valence-corrected chi connectivity index (χ4v) is 1.86. The summed E-state index contributed by atoms with van der Waals surface area (Å²) >= 11 is 0. The first-order valence-electron chi connectivity index (χ1n) is 7.80. The molecule has 124 valence electrons. The van der Waals surface area contributed by atoms with Gasteiger partial charge in [-0.2, -0.15) is 0 Å². The Kier molecular flexibility index (Phi) is 11.5. The van der Waals surface area contributed by atoms with E-state index in [1.54, 1.807) is 12.1 Å². The van der Waals surface area contributed by atoms with E-state index < -0.39 is 5.97 Å². The van der Waals surface area contributed by atoms with Gasteiger partial charge in [0.25, 0.3) is 0 Å². The van der Waals surface area contributed by atoms with Gasteiger partial charge >= 0.3 is 5.97 Å². The van der Waals surface area contributed by atoms with Crippen molar-refractivity contribution in [3.63, 3.8) is 0 Å². The van der Waals surface area contributed by atoms with E-state index in [-0.39, 0.29) is 5.56 Å². The maximum atomic E-state index is 10.7. The second-order valence-corrected chi connectivity index (χ2v) is 4.63. The number of nitrogens with one attached hydrogen (secondary N) is 1. The minimum atomic E-state index is -0.939. The lowest BCUT2D eigenvalue weighted by atomic mass is 10.0. The number of aromatic carboxylic acids is 1. The molecule has 0 fully saturated rings. The van der Waals surface area contributed by atoms with E-state index in [0.29, 0.717) is 31.2 Å². The van der Waals surface area contributed by atoms with Crippen LogP contribution in [0.5, 0.6) is 5.75 Å². The van der Waals surface area contributed by atoms with Crippen molar-refractivity contribution in [3.8, 4) is 5.75 Å².